The first-order valence-electron chi connectivity index (χ1n) is 7.58. The van der Waals surface area contributed by atoms with Crippen molar-refractivity contribution in [1.82, 2.24) is 4.90 Å². The number of phenolic OH excluding ortho intramolecular Hbond substituents is 1. The van der Waals surface area contributed by atoms with Gasteiger partial charge in [0.15, 0.2) is 5.75 Å². The standard InChI is InChI=1S/C16H22Cl2N2O3/c1-16(2,3)23-15(22)20-6-4-5-10(9-20)19-11-7-12(17)14(21)13(18)8-11/h7-8,10,19,21H,4-6,9H2,1-3H3. The molecule has 2 rings (SSSR count). The lowest BCUT2D eigenvalue weighted by atomic mass is 10.1. The third kappa shape index (κ3) is 5.08. The average Bonchev–Trinajstić information content (AvgIpc) is 2.43. The molecule has 0 radical (unpaired) electrons. The second-order valence-corrected chi connectivity index (χ2v) is 7.51. The Hall–Kier alpha value is -1.33. The molecule has 5 nitrogen and oxygen atoms in total. The van der Waals surface area contributed by atoms with Gasteiger partial charge in [-0.3, -0.25) is 0 Å². The number of aromatic hydroxyl groups is 1. The lowest BCUT2D eigenvalue weighted by Gasteiger charge is -2.34. The first-order chi connectivity index (χ1) is 10.7. The van der Waals surface area contributed by atoms with E-state index < -0.39 is 5.60 Å². The van der Waals surface area contributed by atoms with Crippen molar-refractivity contribution in [2.45, 2.75) is 45.3 Å². The number of carbonyl (C=O) groups excluding carboxylic acids is 1. The van der Waals surface area contributed by atoms with Crippen molar-refractivity contribution in [2.75, 3.05) is 18.4 Å². The van der Waals surface area contributed by atoms with E-state index in [-0.39, 0.29) is 27.9 Å². The summed E-state index contributed by atoms with van der Waals surface area (Å²) in [6.07, 6.45) is 1.51. The van der Waals surface area contributed by atoms with Crippen molar-refractivity contribution in [3.63, 3.8) is 0 Å². The normalized spacial score (nSPS) is 18.7. The van der Waals surface area contributed by atoms with E-state index >= 15 is 0 Å². The van der Waals surface area contributed by atoms with E-state index in [1.807, 2.05) is 20.8 Å². The van der Waals surface area contributed by atoms with Crippen molar-refractivity contribution >= 4 is 35.0 Å². The highest BCUT2D eigenvalue weighted by Gasteiger charge is 2.27. The van der Waals surface area contributed by atoms with Gasteiger partial charge in [-0.05, 0) is 45.7 Å². The highest BCUT2D eigenvalue weighted by atomic mass is 35.5. The van der Waals surface area contributed by atoms with Gasteiger partial charge in [-0.1, -0.05) is 23.2 Å². The molecule has 1 aliphatic rings. The van der Waals surface area contributed by atoms with E-state index in [2.05, 4.69) is 5.32 Å². The molecule has 1 aromatic carbocycles. The fourth-order valence-corrected chi connectivity index (χ4v) is 2.96. The molecule has 23 heavy (non-hydrogen) atoms. The van der Waals surface area contributed by atoms with Crippen LogP contribution < -0.4 is 5.32 Å². The van der Waals surface area contributed by atoms with Gasteiger partial charge in [0.1, 0.15) is 5.60 Å². The highest BCUT2D eigenvalue weighted by molar-refractivity contribution is 6.37. The molecule has 0 aromatic heterocycles. The van der Waals surface area contributed by atoms with Crippen LogP contribution >= 0.6 is 23.2 Å². The average molecular weight is 361 g/mol. The summed E-state index contributed by atoms with van der Waals surface area (Å²) in [5.41, 5.74) is 0.212. The number of phenols is 1. The summed E-state index contributed by atoms with van der Waals surface area (Å²) in [4.78, 5) is 13.9. The van der Waals surface area contributed by atoms with Gasteiger partial charge < -0.3 is 20.1 Å². The third-order valence-electron chi connectivity index (χ3n) is 3.46. The summed E-state index contributed by atoms with van der Waals surface area (Å²) in [7, 11) is 0. The van der Waals surface area contributed by atoms with Gasteiger partial charge in [0.05, 0.1) is 10.0 Å². The van der Waals surface area contributed by atoms with Crippen LogP contribution in [0, 0.1) is 0 Å². The van der Waals surface area contributed by atoms with Crippen LogP contribution in [0.4, 0.5) is 10.5 Å². The lowest BCUT2D eigenvalue weighted by Crippen LogP contribution is -2.46. The van der Waals surface area contributed by atoms with Crippen molar-refractivity contribution in [3.05, 3.63) is 22.2 Å². The Kier molecular flexibility index (Phi) is 5.53. The summed E-state index contributed by atoms with van der Waals surface area (Å²) < 4.78 is 5.41. The number of halogens is 2. The van der Waals surface area contributed by atoms with Gasteiger partial charge in [-0.25, -0.2) is 4.79 Å². The van der Waals surface area contributed by atoms with Gasteiger partial charge in [0.25, 0.3) is 0 Å². The number of hydrogen-bond acceptors (Lipinski definition) is 4. The molecule has 0 bridgehead atoms. The van der Waals surface area contributed by atoms with E-state index in [0.717, 1.165) is 12.8 Å². The van der Waals surface area contributed by atoms with Crippen LogP contribution in [0.25, 0.3) is 0 Å². The minimum atomic E-state index is -0.505. The second-order valence-electron chi connectivity index (χ2n) is 6.70. The summed E-state index contributed by atoms with van der Waals surface area (Å²) in [5.74, 6) is -0.127. The Morgan fingerprint density at radius 2 is 1.96 bits per heavy atom. The summed E-state index contributed by atoms with van der Waals surface area (Å²) in [5, 5.41) is 13.3. The summed E-state index contributed by atoms with van der Waals surface area (Å²) in [6, 6.07) is 3.32. The lowest BCUT2D eigenvalue weighted by molar-refractivity contribution is 0.0206. The zero-order valence-electron chi connectivity index (χ0n) is 13.5. The highest BCUT2D eigenvalue weighted by Crippen LogP contribution is 2.35. The number of nitrogens with one attached hydrogen (secondary N) is 1. The maximum atomic E-state index is 12.2. The Morgan fingerprint density at radius 3 is 2.52 bits per heavy atom. The Bertz CT molecular complexity index is 564. The minimum Gasteiger partial charge on any atom is -0.505 e. The maximum absolute atomic E-state index is 12.2. The minimum absolute atomic E-state index is 0.0768. The molecule has 1 fully saturated rings. The molecule has 1 aromatic rings. The largest absolute Gasteiger partial charge is 0.505 e. The fourth-order valence-electron chi connectivity index (χ4n) is 2.47. The first kappa shape index (κ1) is 18.0. The predicted octanol–water partition coefficient (Wildman–Crippen LogP) is 4.51. The van der Waals surface area contributed by atoms with E-state index in [4.69, 9.17) is 27.9 Å². The fraction of sp³-hybridized carbons (Fsp3) is 0.562. The van der Waals surface area contributed by atoms with Gasteiger partial charge in [0.2, 0.25) is 0 Å². The molecular weight excluding hydrogens is 339 g/mol. The van der Waals surface area contributed by atoms with E-state index in [9.17, 15) is 9.90 Å². The number of benzene rings is 1. The molecule has 1 atom stereocenters. The van der Waals surface area contributed by atoms with Crippen LogP contribution in [-0.2, 0) is 4.74 Å². The molecule has 7 heteroatoms. The van der Waals surface area contributed by atoms with Crippen molar-refractivity contribution in [1.29, 1.82) is 0 Å². The number of rotatable bonds is 2. The molecule has 0 saturated carbocycles. The molecule has 128 valence electrons. The molecule has 0 aliphatic carbocycles. The number of nitrogens with zero attached hydrogens (tertiary/aromatic N) is 1. The first-order valence-corrected chi connectivity index (χ1v) is 8.34. The third-order valence-corrected chi connectivity index (χ3v) is 4.04. The quantitative estimate of drug-likeness (QED) is 0.761. The second kappa shape index (κ2) is 7.05. The number of hydrogen-bond donors (Lipinski definition) is 2. The van der Waals surface area contributed by atoms with Crippen LogP contribution in [0.2, 0.25) is 10.0 Å². The van der Waals surface area contributed by atoms with Crippen molar-refractivity contribution in [3.8, 4) is 5.75 Å². The van der Waals surface area contributed by atoms with Crippen molar-refractivity contribution in [2.24, 2.45) is 0 Å². The monoisotopic (exact) mass is 360 g/mol. The van der Waals surface area contributed by atoms with Crippen LogP contribution in [-0.4, -0.2) is 40.8 Å². The summed E-state index contributed by atoms with van der Waals surface area (Å²) >= 11 is 11.9. The zero-order chi connectivity index (χ0) is 17.2. The molecule has 1 heterocycles. The van der Waals surface area contributed by atoms with Gasteiger partial charge in [0, 0.05) is 24.8 Å². The number of ether oxygens (including phenoxy) is 1. The SMILES string of the molecule is CC(C)(C)OC(=O)N1CCCC(Nc2cc(Cl)c(O)c(Cl)c2)C1. The van der Waals surface area contributed by atoms with E-state index in [1.54, 1.807) is 17.0 Å². The Morgan fingerprint density at radius 1 is 1.35 bits per heavy atom. The van der Waals surface area contributed by atoms with Crippen LogP contribution in [0.3, 0.4) is 0 Å². The number of piperidine rings is 1. The molecule has 2 N–H and O–H groups in total. The molecule has 1 saturated heterocycles. The molecular formula is C16H22Cl2N2O3. The van der Waals surface area contributed by atoms with Gasteiger partial charge in [-0.15, -0.1) is 0 Å². The number of amides is 1. The van der Waals surface area contributed by atoms with E-state index in [1.165, 1.54) is 0 Å². The molecule has 1 aliphatic heterocycles. The number of carbonyl (C=O) groups is 1. The molecule has 0 spiro atoms. The van der Waals surface area contributed by atoms with Crippen LogP contribution in [0.5, 0.6) is 5.75 Å². The topological polar surface area (TPSA) is 61.8 Å². The zero-order valence-corrected chi connectivity index (χ0v) is 15.0. The Balaban J connectivity index is 2.00. The number of likely N-dealkylation sites (tertiary alicyclic amines) is 1. The summed E-state index contributed by atoms with van der Waals surface area (Å²) in [6.45, 7) is 6.79. The van der Waals surface area contributed by atoms with Crippen LogP contribution in [0.15, 0.2) is 12.1 Å². The number of anilines is 1. The van der Waals surface area contributed by atoms with Gasteiger partial charge in [-0.2, -0.15) is 0 Å². The van der Waals surface area contributed by atoms with Crippen molar-refractivity contribution < 1.29 is 14.6 Å². The smallest absolute Gasteiger partial charge is 0.410 e. The maximum Gasteiger partial charge on any atom is 0.410 e. The predicted molar refractivity (Wildman–Crippen MR) is 92.6 cm³/mol. The molecule has 1 amide bonds. The Labute approximate surface area is 146 Å². The molecule has 1 unspecified atom stereocenters. The van der Waals surface area contributed by atoms with E-state index in [0.29, 0.717) is 18.8 Å². The van der Waals surface area contributed by atoms with Gasteiger partial charge >= 0.3 is 6.09 Å². The van der Waals surface area contributed by atoms with Crippen LogP contribution in [0.1, 0.15) is 33.6 Å².